The van der Waals surface area contributed by atoms with E-state index in [9.17, 15) is 5.26 Å². The molecule has 0 amide bonds. The molecular formula is C64H46N4. The number of rotatable bonds is 7. The van der Waals surface area contributed by atoms with Crippen LogP contribution in [0.1, 0.15) is 27.8 Å². The molecule has 3 heterocycles. The number of aryl methyl sites for hydroxylation is 4. The number of fused-ring (bicyclic) bond motifs is 6. The van der Waals surface area contributed by atoms with Crippen LogP contribution in [0.3, 0.4) is 0 Å². The van der Waals surface area contributed by atoms with Gasteiger partial charge >= 0.3 is 0 Å². The third-order valence-electron chi connectivity index (χ3n) is 14.0. The maximum absolute atomic E-state index is 11.1. The summed E-state index contributed by atoms with van der Waals surface area (Å²) in [6.45, 7) is 8.72. The molecule has 9 aromatic carbocycles. The van der Waals surface area contributed by atoms with Gasteiger partial charge in [-0.25, -0.2) is 0 Å². The van der Waals surface area contributed by atoms with E-state index in [-0.39, 0.29) is 0 Å². The third kappa shape index (κ3) is 6.63. The number of hydrogen-bond donors (Lipinski definition) is 0. The number of benzene rings is 9. The first kappa shape index (κ1) is 40.7. The highest BCUT2D eigenvalue weighted by atomic mass is 15.1. The highest BCUT2D eigenvalue weighted by Gasteiger charge is 2.24. The van der Waals surface area contributed by atoms with E-state index in [0.717, 1.165) is 77.2 Å². The SMILES string of the molecule is Cc1ccccc1-c1ccc2c(c1)c1cc(-c3ccccc3C)ccc1n2-c1cc(C#N)c(-c2cccnc2)cc1-n1c2ccc(-c3ccccc3C)cc2c2cc(-c3ccccc3C)ccc21. The highest BCUT2D eigenvalue weighted by Crippen LogP contribution is 2.44. The number of aromatic nitrogens is 3. The van der Waals surface area contributed by atoms with Gasteiger partial charge in [-0.3, -0.25) is 4.98 Å². The summed E-state index contributed by atoms with van der Waals surface area (Å²) in [5.74, 6) is 0. The van der Waals surface area contributed by atoms with Crippen molar-refractivity contribution in [2.75, 3.05) is 0 Å². The molecule has 0 atom stereocenters. The van der Waals surface area contributed by atoms with Crippen LogP contribution in [0.2, 0.25) is 0 Å². The maximum atomic E-state index is 11.1. The lowest BCUT2D eigenvalue weighted by Crippen LogP contribution is -2.05. The average molecular weight is 871 g/mol. The van der Waals surface area contributed by atoms with E-state index >= 15 is 0 Å². The smallest absolute Gasteiger partial charge is 0.0999 e. The molecule has 12 aromatic rings. The molecule has 322 valence electrons. The molecule has 0 spiro atoms. The van der Waals surface area contributed by atoms with Gasteiger partial charge in [0.05, 0.1) is 45.1 Å². The summed E-state index contributed by atoms with van der Waals surface area (Å²) in [6.07, 6.45) is 3.64. The highest BCUT2D eigenvalue weighted by molar-refractivity contribution is 6.14. The Morgan fingerprint density at radius 3 is 1.03 bits per heavy atom. The minimum absolute atomic E-state index is 0.573. The third-order valence-corrected chi connectivity index (χ3v) is 14.0. The van der Waals surface area contributed by atoms with E-state index in [4.69, 9.17) is 0 Å². The average Bonchev–Trinajstić information content (AvgIpc) is 3.87. The number of nitrogens with zero attached hydrogens (tertiary/aromatic N) is 4. The fourth-order valence-corrected chi connectivity index (χ4v) is 10.6. The van der Waals surface area contributed by atoms with Crippen molar-refractivity contribution in [3.05, 3.63) is 234 Å². The number of pyridine rings is 1. The molecule has 4 heteroatoms. The molecule has 0 saturated carbocycles. The van der Waals surface area contributed by atoms with E-state index < -0.39 is 0 Å². The van der Waals surface area contributed by atoms with Gasteiger partial charge in [0.2, 0.25) is 0 Å². The lowest BCUT2D eigenvalue weighted by molar-refractivity contribution is 1.09. The van der Waals surface area contributed by atoms with Gasteiger partial charge in [0, 0.05) is 45.1 Å². The second-order valence-corrected chi connectivity index (χ2v) is 18.1. The van der Waals surface area contributed by atoms with Crippen LogP contribution in [0.15, 0.2) is 207 Å². The fraction of sp³-hybridized carbons (Fsp3) is 0.0625. The summed E-state index contributed by atoms with van der Waals surface area (Å²) in [5, 5.41) is 15.7. The Balaban J connectivity index is 1.21. The van der Waals surface area contributed by atoms with Gasteiger partial charge in [0.1, 0.15) is 0 Å². The van der Waals surface area contributed by atoms with Crippen LogP contribution >= 0.6 is 0 Å². The molecule has 3 aromatic heterocycles. The van der Waals surface area contributed by atoms with Gasteiger partial charge < -0.3 is 9.13 Å². The van der Waals surface area contributed by atoms with E-state index in [1.165, 1.54) is 55.6 Å². The largest absolute Gasteiger partial charge is 0.307 e. The fourth-order valence-electron chi connectivity index (χ4n) is 10.6. The monoisotopic (exact) mass is 870 g/mol. The van der Waals surface area contributed by atoms with Crippen LogP contribution in [-0.2, 0) is 0 Å². The molecule has 0 saturated heterocycles. The van der Waals surface area contributed by atoms with Gasteiger partial charge in [-0.05, 0) is 161 Å². The van der Waals surface area contributed by atoms with Crippen molar-refractivity contribution in [3.63, 3.8) is 0 Å². The summed E-state index contributed by atoms with van der Waals surface area (Å²) in [7, 11) is 0. The van der Waals surface area contributed by atoms with Crippen molar-refractivity contribution in [2.45, 2.75) is 27.7 Å². The number of hydrogen-bond acceptors (Lipinski definition) is 2. The van der Waals surface area contributed by atoms with E-state index in [1.807, 2.05) is 18.3 Å². The minimum atomic E-state index is 0.573. The van der Waals surface area contributed by atoms with Gasteiger partial charge in [0.25, 0.3) is 0 Å². The Morgan fingerprint density at radius 2 is 0.706 bits per heavy atom. The van der Waals surface area contributed by atoms with Crippen molar-refractivity contribution in [1.29, 1.82) is 5.26 Å². The lowest BCUT2D eigenvalue weighted by Gasteiger charge is -2.20. The Hall–Kier alpha value is -8.78. The quantitative estimate of drug-likeness (QED) is 0.160. The lowest BCUT2D eigenvalue weighted by atomic mass is 9.97. The Labute approximate surface area is 396 Å². The standard InChI is InChI=1S/C64H46N4/c1-40-14-5-9-19-50(40)44-23-27-59-55(32-44)56-33-45(51-20-10-6-15-41(51)2)24-28-60(56)67(59)63-36-49(38-65)54(48-18-13-31-66-39-48)37-64(63)68-61-29-25-46(52-21-11-7-16-42(52)3)34-57(61)58-35-47(26-30-62(58)68)53-22-12-8-17-43(53)4/h5-37,39H,1-4H3. The molecule has 12 rings (SSSR count). The van der Waals surface area contributed by atoms with Crippen LogP contribution in [0, 0.1) is 39.0 Å². The van der Waals surface area contributed by atoms with Crippen molar-refractivity contribution >= 4 is 43.6 Å². The summed E-state index contributed by atoms with van der Waals surface area (Å²) in [4.78, 5) is 4.53. The predicted molar refractivity (Wildman–Crippen MR) is 284 cm³/mol. The van der Waals surface area contributed by atoms with E-state index in [0.29, 0.717) is 5.56 Å². The van der Waals surface area contributed by atoms with Gasteiger partial charge in [-0.2, -0.15) is 5.26 Å². The first-order valence-corrected chi connectivity index (χ1v) is 23.2. The summed E-state index contributed by atoms with van der Waals surface area (Å²) in [5.41, 5.74) is 22.8. The Bertz CT molecular complexity index is 3820. The summed E-state index contributed by atoms with van der Waals surface area (Å²) >= 11 is 0. The zero-order valence-corrected chi connectivity index (χ0v) is 38.4. The molecule has 0 bridgehead atoms. The molecule has 0 fully saturated rings. The van der Waals surface area contributed by atoms with Crippen LogP contribution < -0.4 is 0 Å². The van der Waals surface area contributed by atoms with E-state index in [1.54, 1.807) is 6.20 Å². The molecule has 0 N–H and O–H groups in total. The van der Waals surface area contributed by atoms with Crippen LogP contribution in [0.25, 0.3) is 111 Å². The van der Waals surface area contributed by atoms with Crippen molar-refractivity contribution < 1.29 is 0 Å². The zero-order valence-electron chi connectivity index (χ0n) is 38.4. The normalized spacial score (nSPS) is 11.5. The molecule has 0 aliphatic rings. The van der Waals surface area contributed by atoms with Crippen LogP contribution in [0.4, 0.5) is 0 Å². The molecule has 0 aliphatic carbocycles. The second kappa shape index (κ2) is 16.3. The maximum Gasteiger partial charge on any atom is 0.0999 e. The van der Waals surface area contributed by atoms with Gasteiger partial charge in [-0.15, -0.1) is 0 Å². The first-order chi connectivity index (χ1) is 33.3. The molecule has 68 heavy (non-hydrogen) atoms. The van der Waals surface area contributed by atoms with Crippen LogP contribution in [0.5, 0.6) is 0 Å². The van der Waals surface area contributed by atoms with Gasteiger partial charge in [0.15, 0.2) is 0 Å². The second-order valence-electron chi connectivity index (χ2n) is 18.1. The summed E-state index contributed by atoms with van der Waals surface area (Å²) < 4.78 is 4.81. The molecule has 0 radical (unpaired) electrons. The first-order valence-electron chi connectivity index (χ1n) is 23.2. The number of nitriles is 1. The molecule has 4 nitrogen and oxygen atoms in total. The summed E-state index contributed by atoms with van der Waals surface area (Å²) in [6, 6.07) is 72.9. The molecule has 0 aliphatic heterocycles. The van der Waals surface area contributed by atoms with Crippen molar-refractivity contribution in [2.24, 2.45) is 0 Å². The van der Waals surface area contributed by atoms with E-state index in [2.05, 4.69) is 230 Å². The topological polar surface area (TPSA) is 46.5 Å². The predicted octanol–water partition coefficient (Wildman–Crippen LogP) is 16.7. The van der Waals surface area contributed by atoms with Crippen LogP contribution in [-0.4, -0.2) is 14.1 Å². The molecule has 0 unspecified atom stereocenters. The molecular weight excluding hydrogens is 825 g/mol. The van der Waals surface area contributed by atoms with Crippen molar-refractivity contribution in [3.8, 4) is 73.1 Å². The van der Waals surface area contributed by atoms with Gasteiger partial charge in [-0.1, -0.05) is 127 Å². The Kier molecular flexibility index (Phi) is 9.74. The Morgan fingerprint density at radius 1 is 0.353 bits per heavy atom. The van der Waals surface area contributed by atoms with Crippen molar-refractivity contribution in [1.82, 2.24) is 14.1 Å². The zero-order chi connectivity index (χ0) is 46.0. The minimum Gasteiger partial charge on any atom is -0.307 e.